The number of rotatable bonds is 3. The summed E-state index contributed by atoms with van der Waals surface area (Å²) < 4.78 is 24.4. The zero-order chi connectivity index (χ0) is 26.2. The van der Waals surface area contributed by atoms with Crippen molar-refractivity contribution in [2.45, 2.75) is 0 Å². The van der Waals surface area contributed by atoms with Crippen LogP contribution in [0.2, 0.25) is 0 Å². The molecule has 0 saturated heterocycles. The molecule has 40 heavy (non-hydrogen) atoms. The fraction of sp³-hybridized carbons (Fsp3) is 0. The molecule has 0 saturated carbocycles. The fourth-order valence-corrected chi connectivity index (χ4v) is 5.60. The second-order valence-corrected chi connectivity index (χ2v) is 9.89. The molecule has 0 N–H and O–H groups in total. The average molecular weight is 519 g/mol. The van der Waals surface area contributed by atoms with Crippen molar-refractivity contribution in [2.75, 3.05) is 0 Å². The zero-order valence-electron chi connectivity index (χ0n) is 20.9. The normalized spacial score (nSPS) is 12.0. The molecule has 9 rings (SSSR count). The fourth-order valence-electron chi connectivity index (χ4n) is 5.60. The summed E-state index contributed by atoms with van der Waals surface area (Å²) in [6.45, 7) is 0. The van der Waals surface area contributed by atoms with Crippen LogP contribution in [0.1, 0.15) is 0 Å². The molecule has 0 amide bonds. The Bertz CT molecular complexity index is 2430. The lowest BCUT2D eigenvalue weighted by atomic mass is 10.0. The van der Waals surface area contributed by atoms with Crippen molar-refractivity contribution < 1.29 is 18.0 Å². The first-order valence-corrected chi connectivity index (χ1v) is 12.9. The lowest BCUT2D eigenvalue weighted by Gasteiger charge is -2.06. The van der Waals surface area contributed by atoms with E-state index in [2.05, 4.69) is 34.2 Å². The molecule has 0 aliphatic rings. The number of hydrogen-bond donors (Lipinski definition) is 0. The number of aromatic nitrogens is 2. The molecule has 0 spiro atoms. The highest BCUT2D eigenvalue weighted by Gasteiger charge is 2.13. The van der Waals surface area contributed by atoms with Gasteiger partial charge in [-0.2, -0.15) is 0 Å². The first kappa shape index (κ1) is 21.3. The van der Waals surface area contributed by atoms with Crippen molar-refractivity contribution in [3.05, 3.63) is 110 Å². The molecule has 188 valence electrons. The van der Waals surface area contributed by atoms with E-state index in [0.29, 0.717) is 0 Å². The van der Waals surface area contributed by atoms with Crippen molar-refractivity contribution >= 4 is 65.8 Å². The molecule has 9 aromatic rings. The Morgan fingerprint density at radius 3 is 1.32 bits per heavy atom. The van der Waals surface area contributed by atoms with Crippen LogP contribution in [-0.2, 0) is 0 Å². The number of fused-ring (bicyclic) bond motifs is 9. The van der Waals surface area contributed by atoms with Gasteiger partial charge in [0.1, 0.15) is 45.0 Å². The quantitative estimate of drug-likeness (QED) is 0.232. The summed E-state index contributed by atoms with van der Waals surface area (Å²) in [4.78, 5) is 8.52. The van der Waals surface area contributed by atoms with E-state index >= 15 is 0 Å². The van der Waals surface area contributed by atoms with E-state index in [0.717, 1.165) is 88.4 Å². The molecule has 4 aromatic carbocycles. The van der Waals surface area contributed by atoms with E-state index < -0.39 is 0 Å². The maximum absolute atomic E-state index is 6.31. The molecule has 5 aromatic heterocycles. The predicted octanol–water partition coefficient (Wildman–Crippen LogP) is 9.63. The Morgan fingerprint density at radius 1 is 0.400 bits per heavy atom. The average Bonchev–Trinajstić information content (AvgIpc) is 3.67. The third-order valence-electron chi connectivity index (χ3n) is 7.52. The van der Waals surface area contributed by atoms with Gasteiger partial charge in [-0.1, -0.05) is 12.1 Å². The first-order chi connectivity index (χ1) is 19.8. The van der Waals surface area contributed by atoms with Gasteiger partial charge in [0.2, 0.25) is 0 Å². The van der Waals surface area contributed by atoms with Gasteiger partial charge in [-0.25, -0.2) is 0 Å². The van der Waals surface area contributed by atoms with Gasteiger partial charge in [0.25, 0.3) is 0 Å². The maximum atomic E-state index is 6.31. The summed E-state index contributed by atoms with van der Waals surface area (Å²) in [5.41, 5.74) is 7.12. The summed E-state index contributed by atoms with van der Waals surface area (Å²) >= 11 is 0. The highest BCUT2D eigenvalue weighted by atomic mass is 16.5. The molecule has 0 fully saturated rings. The molecule has 6 heteroatoms. The summed E-state index contributed by atoms with van der Waals surface area (Å²) in [6.07, 6.45) is 7.14. The predicted molar refractivity (Wildman–Crippen MR) is 156 cm³/mol. The van der Waals surface area contributed by atoms with Crippen LogP contribution < -0.4 is 4.74 Å². The molecule has 6 nitrogen and oxygen atoms in total. The largest absolute Gasteiger partial charge is 0.457 e. The summed E-state index contributed by atoms with van der Waals surface area (Å²) in [6, 6.07) is 28.1. The van der Waals surface area contributed by atoms with E-state index in [1.807, 2.05) is 73.1 Å². The van der Waals surface area contributed by atoms with Gasteiger partial charge in [-0.15, -0.1) is 0 Å². The van der Waals surface area contributed by atoms with Crippen LogP contribution >= 0.6 is 0 Å². The van der Waals surface area contributed by atoms with Crippen molar-refractivity contribution in [1.29, 1.82) is 0 Å². The molecule has 0 unspecified atom stereocenters. The maximum Gasteiger partial charge on any atom is 0.138 e. The van der Waals surface area contributed by atoms with Crippen molar-refractivity contribution in [3.8, 4) is 22.6 Å². The summed E-state index contributed by atoms with van der Waals surface area (Å²) in [5.74, 6) is 1.45. The Balaban J connectivity index is 1.13. The number of hydrogen-bond acceptors (Lipinski definition) is 6. The van der Waals surface area contributed by atoms with Crippen LogP contribution in [0, 0.1) is 0 Å². The highest BCUT2D eigenvalue weighted by molar-refractivity contribution is 6.09. The number of furan rings is 3. The second kappa shape index (κ2) is 7.94. The Hall–Kier alpha value is -5.62. The molecular formula is C34H18N2O4. The number of nitrogens with zero attached hydrogens (tertiary/aromatic N) is 2. The van der Waals surface area contributed by atoms with Gasteiger partial charge in [0.15, 0.2) is 0 Å². The van der Waals surface area contributed by atoms with E-state index in [4.69, 9.17) is 18.0 Å². The lowest BCUT2D eigenvalue weighted by molar-refractivity contribution is 0.483. The standard InChI is InChI=1S/C34H18N2O4/c1-5-29-23(13-19(1)20-2-6-30-24(14-20)27-17-35-11-9-33(27)39-30)25-15-21(3-7-31(25)38-29)37-22-4-8-32-26(16-22)28-18-36-12-10-34(28)40-32/h1-18H. The smallest absolute Gasteiger partial charge is 0.138 e. The molecule has 0 bridgehead atoms. The van der Waals surface area contributed by atoms with Crippen molar-refractivity contribution in [2.24, 2.45) is 0 Å². The number of ether oxygens (including phenoxy) is 1. The van der Waals surface area contributed by atoms with Crippen LogP contribution in [-0.4, -0.2) is 9.97 Å². The minimum atomic E-state index is 0.724. The minimum absolute atomic E-state index is 0.724. The van der Waals surface area contributed by atoms with Crippen LogP contribution in [0.3, 0.4) is 0 Å². The molecule has 5 heterocycles. The number of pyridine rings is 2. The second-order valence-electron chi connectivity index (χ2n) is 9.89. The molecule has 0 aliphatic heterocycles. The van der Waals surface area contributed by atoms with E-state index in [-0.39, 0.29) is 0 Å². The van der Waals surface area contributed by atoms with E-state index in [1.54, 1.807) is 12.4 Å². The van der Waals surface area contributed by atoms with Crippen molar-refractivity contribution in [1.82, 2.24) is 9.97 Å². The van der Waals surface area contributed by atoms with Gasteiger partial charge < -0.3 is 18.0 Å². The summed E-state index contributed by atoms with van der Waals surface area (Å²) in [7, 11) is 0. The SMILES string of the molecule is c1cc2oc3ccc(Oc4ccc5oc6ccc(-c7ccc8oc9ccncc9c8c7)cc6c5c4)cc3c2cn1. The lowest BCUT2D eigenvalue weighted by Crippen LogP contribution is -1.84. The zero-order valence-corrected chi connectivity index (χ0v) is 20.9. The first-order valence-electron chi connectivity index (χ1n) is 12.9. The number of benzene rings is 4. The van der Waals surface area contributed by atoms with Crippen LogP contribution in [0.4, 0.5) is 0 Å². The molecule has 0 atom stereocenters. The van der Waals surface area contributed by atoms with Gasteiger partial charge in [-0.3, -0.25) is 9.97 Å². The van der Waals surface area contributed by atoms with Gasteiger partial charge in [0.05, 0.1) is 0 Å². The van der Waals surface area contributed by atoms with Gasteiger partial charge in [0, 0.05) is 57.1 Å². The van der Waals surface area contributed by atoms with Gasteiger partial charge >= 0.3 is 0 Å². The topological polar surface area (TPSA) is 74.4 Å². The Labute approximate surface area is 226 Å². The molecule has 0 radical (unpaired) electrons. The van der Waals surface area contributed by atoms with Gasteiger partial charge in [-0.05, 0) is 83.9 Å². The van der Waals surface area contributed by atoms with Crippen LogP contribution in [0.15, 0.2) is 123 Å². The monoisotopic (exact) mass is 518 g/mol. The molecular weight excluding hydrogens is 500 g/mol. The molecule has 0 aliphatic carbocycles. The summed E-state index contributed by atoms with van der Waals surface area (Å²) in [5, 5.41) is 6.01. The van der Waals surface area contributed by atoms with Crippen LogP contribution in [0.25, 0.3) is 76.9 Å². The third kappa shape index (κ3) is 3.16. The Morgan fingerprint density at radius 2 is 0.800 bits per heavy atom. The van der Waals surface area contributed by atoms with E-state index in [1.165, 1.54) is 0 Å². The van der Waals surface area contributed by atoms with E-state index in [9.17, 15) is 0 Å². The van der Waals surface area contributed by atoms with Crippen molar-refractivity contribution in [3.63, 3.8) is 0 Å². The minimum Gasteiger partial charge on any atom is -0.457 e. The Kier molecular flexibility index (Phi) is 4.24. The van der Waals surface area contributed by atoms with Crippen LogP contribution in [0.5, 0.6) is 11.5 Å². The third-order valence-corrected chi connectivity index (χ3v) is 7.52. The highest BCUT2D eigenvalue weighted by Crippen LogP contribution is 2.38.